The van der Waals surface area contributed by atoms with Gasteiger partial charge in [0.05, 0.1) is 15.6 Å². The van der Waals surface area contributed by atoms with E-state index in [-0.39, 0.29) is 32.1 Å². The van der Waals surface area contributed by atoms with Gasteiger partial charge in [-0.3, -0.25) is 4.79 Å². The van der Waals surface area contributed by atoms with E-state index in [0.717, 1.165) is 4.68 Å². The molecule has 2 aromatic rings. The van der Waals surface area contributed by atoms with E-state index in [9.17, 15) is 22.5 Å². The third-order valence-electron chi connectivity index (χ3n) is 2.86. The largest absolute Gasteiger partial charge is 0.611 e. The highest BCUT2D eigenvalue weighted by Crippen LogP contribution is 2.39. The van der Waals surface area contributed by atoms with E-state index in [2.05, 4.69) is 5.10 Å². The van der Waals surface area contributed by atoms with Gasteiger partial charge < -0.3 is 10.3 Å². The number of aldehydes is 1. The highest BCUT2D eigenvalue weighted by molar-refractivity contribution is 7.91. The maximum absolute atomic E-state index is 12.7. The molecule has 0 radical (unpaired) electrons. The van der Waals surface area contributed by atoms with Crippen LogP contribution in [0.2, 0.25) is 10.0 Å². The Kier molecular flexibility index (Phi) is 4.86. The van der Waals surface area contributed by atoms with Gasteiger partial charge in [0.1, 0.15) is 11.9 Å². The van der Waals surface area contributed by atoms with Crippen LogP contribution < -0.4 is 5.73 Å². The Hall–Kier alpha value is -1.42. The van der Waals surface area contributed by atoms with Crippen LogP contribution in [0.4, 0.5) is 19.0 Å². The molecule has 1 aromatic heterocycles. The first-order valence-electron chi connectivity index (χ1n) is 5.81. The Balaban J connectivity index is 2.71. The lowest BCUT2D eigenvalue weighted by Crippen LogP contribution is -2.09. The number of aromatic nitrogens is 2. The molecule has 1 heterocycles. The number of hydrogen-bond acceptors (Lipinski definition) is 4. The van der Waals surface area contributed by atoms with Crippen LogP contribution in [0, 0.1) is 0 Å². The molecular weight excluding hydrogens is 378 g/mol. The van der Waals surface area contributed by atoms with Gasteiger partial charge in [-0.1, -0.05) is 23.2 Å². The van der Waals surface area contributed by atoms with Crippen molar-refractivity contribution in [2.24, 2.45) is 0 Å². The van der Waals surface area contributed by atoms with Gasteiger partial charge in [0, 0.05) is 0 Å². The highest BCUT2D eigenvalue weighted by Gasteiger charge is 2.33. The summed E-state index contributed by atoms with van der Waals surface area (Å²) in [6.07, 6.45) is -3.03. The average Bonchev–Trinajstić information content (AvgIpc) is 2.74. The standard InChI is InChI=1S/C12H8Cl2F3N3O2S/c1-23(22)10-8(4-21)19-20(11(10)18)9-6(13)2-5(3-7(9)14)12(15,16)17/h2-4H,18H2,1H3. The van der Waals surface area contributed by atoms with Gasteiger partial charge in [0.2, 0.25) is 4.90 Å². The molecule has 2 N–H and O–H groups in total. The van der Waals surface area contributed by atoms with Crippen LogP contribution >= 0.6 is 23.2 Å². The second-order valence-corrected chi connectivity index (χ2v) is 6.50. The van der Waals surface area contributed by atoms with Crippen molar-refractivity contribution in [1.29, 1.82) is 0 Å². The number of nitrogen functional groups attached to an aromatic ring is 1. The predicted molar refractivity (Wildman–Crippen MR) is 80.7 cm³/mol. The van der Waals surface area contributed by atoms with Crippen molar-refractivity contribution in [3.05, 3.63) is 33.4 Å². The molecular formula is C12H8Cl2F3N3O2S. The zero-order chi connectivity index (χ0) is 17.5. The molecule has 1 atom stereocenters. The summed E-state index contributed by atoms with van der Waals surface area (Å²) < 4.78 is 50.8. The molecule has 0 saturated carbocycles. The fraction of sp³-hybridized carbons (Fsp3) is 0.167. The fourth-order valence-corrected chi connectivity index (χ4v) is 3.32. The Morgan fingerprint density at radius 2 is 1.87 bits per heavy atom. The molecule has 0 fully saturated rings. The fourth-order valence-electron chi connectivity index (χ4n) is 1.91. The minimum Gasteiger partial charge on any atom is -0.611 e. The normalized spacial score (nSPS) is 13.2. The van der Waals surface area contributed by atoms with Crippen LogP contribution in [0.3, 0.4) is 0 Å². The van der Waals surface area contributed by atoms with Gasteiger partial charge >= 0.3 is 6.18 Å². The number of rotatable bonds is 3. The molecule has 1 aromatic carbocycles. The average molecular weight is 386 g/mol. The van der Waals surface area contributed by atoms with Crippen molar-refractivity contribution >= 4 is 46.5 Å². The summed E-state index contributed by atoms with van der Waals surface area (Å²) in [4.78, 5) is 11.0. The minimum atomic E-state index is -4.63. The summed E-state index contributed by atoms with van der Waals surface area (Å²) in [5, 5.41) is 3.07. The first kappa shape index (κ1) is 17.9. The lowest BCUT2D eigenvalue weighted by Gasteiger charge is -2.13. The summed E-state index contributed by atoms with van der Waals surface area (Å²) in [7, 11) is 0. The van der Waals surface area contributed by atoms with Crippen molar-refractivity contribution in [2.45, 2.75) is 11.1 Å². The van der Waals surface area contributed by atoms with Crippen molar-refractivity contribution in [3.8, 4) is 5.69 Å². The summed E-state index contributed by atoms with van der Waals surface area (Å²) in [6, 6.07) is 1.32. The van der Waals surface area contributed by atoms with Gasteiger partial charge in [-0.15, -0.1) is 0 Å². The van der Waals surface area contributed by atoms with Gasteiger partial charge in [0.25, 0.3) is 0 Å². The highest BCUT2D eigenvalue weighted by atomic mass is 35.5. The summed E-state index contributed by atoms with van der Waals surface area (Å²) in [6.45, 7) is 0. The Morgan fingerprint density at radius 1 is 1.35 bits per heavy atom. The van der Waals surface area contributed by atoms with Crippen LogP contribution in [0.1, 0.15) is 16.1 Å². The van der Waals surface area contributed by atoms with Gasteiger partial charge in [-0.05, 0) is 23.3 Å². The monoisotopic (exact) mass is 385 g/mol. The molecule has 0 aliphatic heterocycles. The van der Waals surface area contributed by atoms with E-state index >= 15 is 0 Å². The van der Waals surface area contributed by atoms with Crippen LogP contribution in [-0.4, -0.2) is 26.9 Å². The first-order valence-corrected chi connectivity index (χ1v) is 8.13. The lowest BCUT2D eigenvalue weighted by molar-refractivity contribution is -0.137. The van der Waals surface area contributed by atoms with E-state index in [0.29, 0.717) is 18.4 Å². The molecule has 0 amide bonds. The number of anilines is 1. The smallest absolute Gasteiger partial charge is 0.416 e. The van der Waals surface area contributed by atoms with Crippen LogP contribution in [0.25, 0.3) is 5.69 Å². The molecule has 0 aliphatic rings. The quantitative estimate of drug-likeness (QED) is 0.648. The summed E-state index contributed by atoms with van der Waals surface area (Å²) >= 11 is 10.1. The van der Waals surface area contributed by atoms with E-state index in [1.807, 2.05) is 0 Å². The third kappa shape index (κ3) is 3.27. The van der Waals surface area contributed by atoms with Crippen molar-refractivity contribution in [2.75, 3.05) is 12.0 Å². The SMILES string of the molecule is C[S+]([O-])c1c(C=O)nn(-c2c(Cl)cc(C(F)(F)F)cc2Cl)c1N. The zero-order valence-corrected chi connectivity index (χ0v) is 13.6. The van der Waals surface area contributed by atoms with Crippen molar-refractivity contribution < 1.29 is 22.5 Å². The maximum atomic E-state index is 12.7. The molecule has 1 unspecified atom stereocenters. The number of halogens is 5. The van der Waals surface area contributed by atoms with Crippen LogP contribution in [0.5, 0.6) is 0 Å². The van der Waals surface area contributed by atoms with Gasteiger partial charge in [0.15, 0.2) is 17.8 Å². The number of nitrogens with two attached hydrogens (primary N) is 1. The molecule has 0 saturated heterocycles. The number of benzene rings is 1. The number of carbonyl (C=O) groups is 1. The topological polar surface area (TPSA) is 84.0 Å². The summed E-state index contributed by atoms with van der Waals surface area (Å²) in [5.41, 5.74) is 4.39. The van der Waals surface area contributed by atoms with E-state index in [4.69, 9.17) is 28.9 Å². The molecule has 0 bridgehead atoms. The molecule has 23 heavy (non-hydrogen) atoms. The Labute approximate surface area is 141 Å². The lowest BCUT2D eigenvalue weighted by atomic mass is 10.2. The van der Waals surface area contributed by atoms with E-state index in [1.54, 1.807) is 0 Å². The zero-order valence-electron chi connectivity index (χ0n) is 11.3. The van der Waals surface area contributed by atoms with Crippen molar-refractivity contribution in [3.63, 3.8) is 0 Å². The van der Waals surface area contributed by atoms with Crippen molar-refractivity contribution in [1.82, 2.24) is 9.78 Å². The molecule has 11 heteroatoms. The van der Waals surface area contributed by atoms with E-state index in [1.165, 1.54) is 6.26 Å². The van der Waals surface area contributed by atoms with E-state index < -0.39 is 22.9 Å². The Bertz CT molecular complexity index is 755. The molecule has 124 valence electrons. The molecule has 2 rings (SSSR count). The number of hydrogen-bond donors (Lipinski definition) is 1. The van der Waals surface area contributed by atoms with Gasteiger partial charge in [-0.25, -0.2) is 4.68 Å². The first-order chi connectivity index (χ1) is 10.6. The summed E-state index contributed by atoms with van der Waals surface area (Å²) in [5.74, 6) is -0.198. The third-order valence-corrected chi connectivity index (χ3v) is 4.43. The van der Waals surface area contributed by atoms with Crippen LogP contribution in [0.15, 0.2) is 17.0 Å². The predicted octanol–water partition coefficient (Wildman–Crippen LogP) is 3.33. The Morgan fingerprint density at radius 3 is 2.22 bits per heavy atom. The minimum absolute atomic E-state index is 0.0490. The van der Waals surface area contributed by atoms with Gasteiger partial charge in [-0.2, -0.15) is 18.3 Å². The molecule has 5 nitrogen and oxygen atoms in total. The molecule has 0 aliphatic carbocycles. The maximum Gasteiger partial charge on any atom is 0.416 e. The molecule has 0 spiro atoms. The second kappa shape index (κ2) is 6.23. The number of nitrogens with zero attached hydrogens (tertiary/aromatic N) is 2. The van der Waals surface area contributed by atoms with Crippen LogP contribution in [-0.2, 0) is 17.4 Å². The number of alkyl halides is 3. The second-order valence-electron chi connectivity index (χ2n) is 4.37. The number of carbonyl (C=O) groups excluding carboxylic acids is 1.